The van der Waals surface area contributed by atoms with Crippen LogP contribution in [-0.2, 0) is 22.7 Å². The van der Waals surface area contributed by atoms with E-state index in [-0.39, 0.29) is 31.7 Å². The van der Waals surface area contributed by atoms with Gasteiger partial charge < -0.3 is 24.7 Å². The van der Waals surface area contributed by atoms with Crippen molar-refractivity contribution in [2.24, 2.45) is 0 Å². The van der Waals surface area contributed by atoms with Gasteiger partial charge in [-0.1, -0.05) is 59.8 Å². The average molecular weight is 573 g/mol. The second kappa shape index (κ2) is 11.0. The minimum Gasteiger partial charge on any atom is -0.454 e. The molecule has 0 spiro atoms. The molecule has 0 bridgehead atoms. The summed E-state index contributed by atoms with van der Waals surface area (Å²) < 4.78 is 12.5. The number of nitrogens with zero attached hydrogens (tertiary/aromatic N) is 4. The van der Waals surface area contributed by atoms with Crippen LogP contribution in [0, 0.1) is 6.92 Å². The highest BCUT2D eigenvalue weighted by atomic mass is 16.7. The first-order valence-electron chi connectivity index (χ1n) is 13.9. The Morgan fingerprint density at radius 3 is 2.67 bits per heavy atom. The number of H-pyrrole nitrogens is 1. The van der Waals surface area contributed by atoms with Crippen LogP contribution in [0.2, 0.25) is 0 Å². The van der Waals surface area contributed by atoms with Crippen molar-refractivity contribution in [1.82, 2.24) is 24.9 Å². The molecule has 2 N–H and O–H groups in total. The average Bonchev–Trinajstić information content (AvgIpc) is 3.77. The molecule has 214 valence electrons. The van der Waals surface area contributed by atoms with Crippen LogP contribution in [0.4, 0.5) is 5.69 Å². The normalized spacial score (nSPS) is 12.9. The number of aromatic nitrogens is 4. The Labute approximate surface area is 246 Å². The van der Waals surface area contributed by atoms with Crippen molar-refractivity contribution in [3.63, 3.8) is 0 Å². The first-order valence-corrected chi connectivity index (χ1v) is 13.9. The lowest BCUT2D eigenvalue weighted by Gasteiger charge is -2.32. The second-order valence-corrected chi connectivity index (χ2v) is 10.4. The van der Waals surface area contributed by atoms with Crippen molar-refractivity contribution in [2.75, 3.05) is 12.1 Å². The number of amides is 2. The van der Waals surface area contributed by atoms with Crippen LogP contribution >= 0.6 is 0 Å². The van der Waals surface area contributed by atoms with E-state index in [0.29, 0.717) is 28.3 Å². The lowest BCUT2D eigenvalue weighted by atomic mass is 10.0. The fraction of sp³-hybridized carbons (Fsp3) is 0.152. The number of anilines is 1. The number of aromatic amines is 1. The summed E-state index contributed by atoms with van der Waals surface area (Å²) in [5.41, 5.74) is 5.45. The molecule has 0 saturated heterocycles. The summed E-state index contributed by atoms with van der Waals surface area (Å²) in [6.45, 7) is 2.23. The van der Waals surface area contributed by atoms with Gasteiger partial charge in [0.05, 0.1) is 5.52 Å². The van der Waals surface area contributed by atoms with Gasteiger partial charge in [-0.05, 0) is 48.4 Å². The molecule has 0 saturated carbocycles. The summed E-state index contributed by atoms with van der Waals surface area (Å²) in [7, 11) is 0. The van der Waals surface area contributed by atoms with E-state index in [1.54, 1.807) is 34.0 Å². The van der Waals surface area contributed by atoms with Crippen molar-refractivity contribution in [3.8, 4) is 11.5 Å². The molecule has 3 heterocycles. The molecule has 10 heteroatoms. The molecule has 10 nitrogen and oxygen atoms in total. The third-order valence-electron chi connectivity index (χ3n) is 7.74. The van der Waals surface area contributed by atoms with Crippen LogP contribution in [-0.4, -0.2) is 43.5 Å². The Morgan fingerprint density at radius 1 is 0.977 bits per heavy atom. The van der Waals surface area contributed by atoms with Crippen LogP contribution in [0.3, 0.4) is 0 Å². The summed E-state index contributed by atoms with van der Waals surface area (Å²) in [6, 6.07) is 27.3. The summed E-state index contributed by atoms with van der Waals surface area (Å²) in [4.78, 5) is 33.6. The van der Waals surface area contributed by atoms with Crippen LogP contribution in [0.5, 0.6) is 11.5 Å². The predicted molar refractivity (Wildman–Crippen MR) is 161 cm³/mol. The summed E-state index contributed by atoms with van der Waals surface area (Å²) in [5.74, 6) is 0.513. The number of nitrogens with one attached hydrogen (secondary N) is 2. The molecule has 1 aliphatic heterocycles. The van der Waals surface area contributed by atoms with E-state index < -0.39 is 6.04 Å². The lowest BCUT2D eigenvalue weighted by Crippen LogP contribution is -2.42. The third kappa shape index (κ3) is 5.03. The van der Waals surface area contributed by atoms with Gasteiger partial charge in [-0.25, -0.2) is 4.68 Å². The fourth-order valence-electron chi connectivity index (χ4n) is 5.50. The third-order valence-corrected chi connectivity index (χ3v) is 7.74. The molecule has 1 unspecified atom stereocenters. The van der Waals surface area contributed by atoms with Crippen molar-refractivity contribution in [1.29, 1.82) is 0 Å². The fourth-order valence-corrected chi connectivity index (χ4v) is 5.50. The molecule has 43 heavy (non-hydrogen) atoms. The van der Waals surface area contributed by atoms with E-state index in [4.69, 9.17) is 9.47 Å². The van der Waals surface area contributed by atoms with Crippen LogP contribution in [0.25, 0.3) is 21.9 Å². The van der Waals surface area contributed by atoms with Gasteiger partial charge in [0.25, 0.3) is 5.91 Å². The van der Waals surface area contributed by atoms with Gasteiger partial charge in [0.1, 0.15) is 18.1 Å². The predicted octanol–water partition coefficient (Wildman–Crippen LogP) is 5.36. The maximum atomic E-state index is 14.4. The minimum absolute atomic E-state index is 0.0947. The number of carbonyl (C=O) groups is 2. The number of fused-ring (bicyclic) bond motifs is 3. The van der Waals surface area contributed by atoms with Gasteiger partial charge in [0.15, 0.2) is 11.5 Å². The van der Waals surface area contributed by atoms with E-state index in [0.717, 1.165) is 27.5 Å². The maximum Gasteiger partial charge on any atom is 0.251 e. The number of para-hydroxylation sites is 2. The molecule has 6 aromatic rings. The van der Waals surface area contributed by atoms with Crippen molar-refractivity contribution in [3.05, 3.63) is 114 Å². The highest BCUT2D eigenvalue weighted by Gasteiger charge is 2.34. The summed E-state index contributed by atoms with van der Waals surface area (Å²) in [6.07, 6.45) is 1.80. The van der Waals surface area contributed by atoms with Gasteiger partial charge in [-0.15, -0.1) is 5.10 Å². The zero-order chi connectivity index (χ0) is 29.3. The Hall–Kier alpha value is -5.64. The molecule has 0 fully saturated rings. The SMILES string of the molecule is Cc1ccccc1CN(C(=O)Cn1nnc2ccccc21)C(C(=O)Nc1ccc2c(c1)OCO2)c1c[nH]c2ccccc12. The Morgan fingerprint density at radius 2 is 1.77 bits per heavy atom. The number of ether oxygens (including phenoxy) is 2. The molecule has 1 aliphatic rings. The van der Waals surface area contributed by atoms with Crippen LogP contribution < -0.4 is 14.8 Å². The first kappa shape index (κ1) is 26.3. The Kier molecular flexibility index (Phi) is 6.71. The molecular formula is C33H28N6O4. The molecule has 1 atom stereocenters. The number of hydrogen-bond donors (Lipinski definition) is 2. The molecule has 7 rings (SSSR count). The van der Waals surface area contributed by atoms with E-state index in [1.165, 1.54) is 0 Å². The number of benzene rings is 4. The van der Waals surface area contributed by atoms with Crippen molar-refractivity contribution >= 4 is 39.4 Å². The minimum atomic E-state index is -0.983. The van der Waals surface area contributed by atoms with Crippen LogP contribution in [0.15, 0.2) is 97.2 Å². The summed E-state index contributed by atoms with van der Waals surface area (Å²) >= 11 is 0. The van der Waals surface area contributed by atoms with Gasteiger partial charge in [0.2, 0.25) is 12.7 Å². The highest BCUT2D eigenvalue weighted by molar-refractivity contribution is 6.01. The van der Waals surface area contributed by atoms with Crippen LogP contribution in [0.1, 0.15) is 22.7 Å². The van der Waals surface area contributed by atoms with E-state index >= 15 is 0 Å². The maximum absolute atomic E-state index is 14.4. The van der Waals surface area contributed by atoms with E-state index in [2.05, 4.69) is 20.6 Å². The van der Waals surface area contributed by atoms with Crippen molar-refractivity contribution in [2.45, 2.75) is 26.1 Å². The van der Waals surface area contributed by atoms with E-state index in [9.17, 15) is 9.59 Å². The molecular weight excluding hydrogens is 544 g/mol. The highest BCUT2D eigenvalue weighted by Crippen LogP contribution is 2.36. The molecule has 2 aromatic heterocycles. The molecule has 4 aromatic carbocycles. The zero-order valence-corrected chi connectivity index (χ0v) is 23.4. The van der Waals surface area contributed by atoms with E-state index in [1.807, 2.05) is 79.7 Å². The Balaban J connectivity index is 1.32. The number of aryl methyl sites for hydroxylation is 1. The standard InChI is InChI=1S/C33H28N6O4/c1-21-8-2-3-9-22(21)18-38(31(40)19-39-28-13-7-6-12-27(28)36-37-39)32(25-17-34-26-11-5-4-10-24(25)26)33(41)35-23-14-15-29-30(16-23)43-20-42-29/h2-17,32,34H,18-20H2,1H3,(H,35,41). The number of carbonyl (C=O) groups excluding carboxylic acids is 2. The van der Waals surface area contributed by atoms with Crippen molar-refractivity contribution < 1.29 is 19.1 Å². The topological polar surface area (TPSA) is 114 Å². The lowest BCUT2D eigenvalue weighted by molar-refractivity contribution is -0.140. The Bertz CT molecular complexity index is 1980. The number of hydrogen-bond acceptors (Lipinski definition) is 6. The van der Waals surface area contributed by atoms with Gasteiger partial charge in [-0.3, -0.25) is 9.59 Å². The zero-order valence-electron chi connectivity index (χ0n) is 23.4. The smallest absolute Gasteiger partial charge is 0.251 e. The second-order valence-electron chi connectivity index (χ2n) is 10.4. The molecule has 0 radical (unpaired) electrons. The number of rotatable bonds is 8. The van der Waals surface area contributed by atoms with Gasteiger partial charge in [0, 0.05) is 41.0 Å². The summed E-state index contributed by atoms with van der Waals surface area (Å²) in [5, 5.41) is 12.3. The first-order chi connectivity index (χ1) is 21.0. The monoisotopic (exact) mass is 572 g/mol. The quantitative estimate of drug-likeness (QED) is 0.254. The molecule has 0 aliphatic carbocycles. The van der Waals surface area contributed by atoms with Gasteiger partial charge >= 0.3 is 0 Å². The molecule has 2 amide bonds. The largest absolute Gasteiger partial charge is 0.454 e. The van der Waals surface area contributed by atoms with Gasteiger partial charge in [-0.2, -0.15) is 0 Å².